The van der Waals surface area contributed by atoms with Crippen LogP contribution in [0.3, 0.4) is 0 Å². The molecule has 0 N–H and O–H groups in total. The Morgan fingerprint density at radius 2 is 1.14 bits per heavy atom. The van der Waals surface area contributed by atoms with E-state index in [4.69, 9.17) is 0 Å². The Morgan fingerprint density at radius 3 is 1.88 bits per heavy atom. The van der Waals surface area contributed by atoms with Crippen molar-refractivity contribution >= 4 is 70.0 Å². The molecule has 0 aliphatic carbocycles. The maximum atomic E-state index is 16.5. The van der Waals surface area contributed by atoms with Crippen molar-refractivity contribution in [3.63, 3.8) is 0 Å². The molecule has 10 rings (SSSR count). The normalized spacial score (nSPS) is 14.4. The fourth-order valence-electron chi connectivity index (χ4n) is 8.68. The fourth-order valence-corrected chi connectivity index (χ4v) is 11.8. The SMILES string of the molecule is FI(F)(=Nc1ccccc1)c1cccc2c1c1cccc3c1n2-c1cccc2c1B3c1ccccc1C2(c1ccccc1)c1ccccc1. The van der Waals surface area contributed by atoms with E-state index in [2.05, 4.69) is 117 Å². The van der Waals surface area contributed by atoms with Gasteiger partial charge in [0.15, 0.2) is 0 Å². The monoisotopic (exact) mass is 748 g/mol. The summed E-state index contributed by atoms with van der Waals surface area (Å²) in [7, 11) is 0. The van der Waals surface area contributed by atoms with Crippen molar-refractivity contribution < 1.29 is 5.72 Å². The van der Waals surface area contributed by atoms with E-state index in [0.717, 1.165) is 27.6 Å². The molecule has 1 aromatic heterocycles. The second-order valence-electron chi connectivity index (χ2n) is 12.8. The number of hydrogen-bond acceptors (Lipinski definition) is 1. The first-order valence-corrected chi connectivity index (χ1v) is 20.1. The van der Waals surface area contributed by atoms with Gasteiger partial charge in [-0.15, -0.1) is 0 Å². The van der Waals surface area contributed by atoms with Crippen molar-refractivity contribution in [2.75, 3.05) is 0 Å². The van der Waals surface area contributed by atoms with Crippen LogP contribution >= 0.6 is 19.4 Å². The van der Waals surface area contributed by atoms with Crippen molar-refractivity contribution in [2.45, 2.75) is 5.41 Å². The zero-order valence-electron chi connectivity index (χ0n) is 26.3. The maximum absolute atomic E-state index is 16.5. The molecule has 0 atom stereocenters. The number of aromatic nitrogens is 1. The van der Waals surface area contributed by atoms with Crippen LogP contribution in [0.1, 0.15) is 22.3 Å². The van der Waals surface area contributed by atoms with Crippen LogP contribution in [-0.2, 0) is 5.41 Å². The predicted molar refractivity (Wildman–Crippen MR) is 207 cm³/mol. The predicted octanol–water partition coefficient (Wildman–Crippen LogP) is 9.81. The van der Waals surface area contributed by atoms with E-state index in [-0.39, 0.29) is 10.3 Å². The standard InChI is InChI=1S/C43H28BF2IN2/c45-47(46,48-31-19-8-3-9-20-31)37-26-14-27-38-40(37)32-21-12-25-36-42(32)49(38)39-28-13-23-34-41(39)44(36)35-24-11-10-22-33(35)43(34,29-15-4-1-5-16-29)30-17-6-2-7-18-30/h1-28H. The number of fused-ring (bicyclic) bond motifs is 7. The Labute approximate surface area is 288 Å². The van der Waals surface area contributed by atoms with Crippen molar-refractivity contribution in [2.24, 2.45) is 3.15 Å². The molecular formula is C43H28BF2IN2. The van der Waals surface area contributed by atoms with Crippen molar-refractivity contribution in [3.05, 3.63) is 196 Å². The first-order valence-electron chi connectivity index (χ1n) is 16.4. The number of rotatable bonds is 4. The number of halogens is 3. The summed E-state index contributed by atoms with van der Waals surface area (Å²) in [5.41, 5.74) is 11.0. The third-order valence-electron chi connectivity index (χ3n) is 10.4. The average molecular weight is 748 g/mol. The van der Waals surface area contributed by atoms with Crippen LogP contribution in [0.25, 0.3) is 27.5 Å². The molecule has 7 aromatic carbocycles. The summed E-state index contributed by atoms with van der Waals surface area (Å²) in [6.07, 6.45) is 0. The molecule has 0 amide bonds. The third-order valence-corrected chi connectivity index (χ3v) is 13.9. The second-order valence-corrected chi connectivity index (χ2v) is 16.8. The topological polar surface area (TPSA) is 17.3 Å². The fraction of sp³-hybridized carbons (Fsp3) is 0.0233. The van der Waals surface area contributed by atoms with Gasteiger partial charge >= 0.3 is 290 Å². The van der Waals surface area contributed by atoms with Gasteiger partial charge in [-0.1, -0.05) is 0 Å². The van der Waals surface area contributed by atoms with Gasteiger partial charge in [0.05, 0.1) is 0 Å². The zero-order valence-corrected chi connectivity index (χ0v) is 28.4. The number of para-hydroxylation sites is 1. The molecule has 0 spiro atoms. The quantitative estimate of drug-likeness (QED) is 0.126. The van der Waals surface area contributed by atoms with E-state index in [1.54, 1.807) is 36.4 Å². The molecule has 0 fully saturated rings. The molecule has 2 aliphatic rings. The molecule has 0 bridgehead atoms. The van der Waals surface area contributed by atoms with E-state index in [1.807, 2.05) is 24.3 Å². The van der Waals surface area contributed by atoms with Crippen molar-refractivity contribution in [3.8, 4) is 5.69 Å². The van der Waals surface area contributed by atoms with E-state index in [9.17, 15) is 0 Å². The zero-order chi connectivity index (χ0) is 32.7. The van der Waals surface area contributed by atoms with Crippen molar-refractivity contribution in [1.29, 1.82) is 0 Å². The average Bonchev–Trinajstić information content (AvgIpc) is 3.50. The number of nitrogens with zero attached hydrogens (tertiary/aromatic N) is 2. The minimum absolute atomic E-state index is 0.0673. The molecule has 2 aliphatic heterocycles. The number of hydrogen-bond donors (Lipinski definition) is 0. The molecule has 2 nitrogen and oxygen atoms in total. The van der Waals surface area contributed by atoms with Crippen LogP contribution in [0, 0.1) is 3.57 Å². The van der Waals surface area contributed by atoms with Crippen LogP contribution in [0.4, 0.5) is 11.4 Å². The Balaban J connectivity index is 1.36. The van der Waals surface area contributed by atoms with Gasteiger partial charge in [-0.05, 0) is 0 Å². The molecule has 234 valence electrons. The summed E-state index contributed by atoms with van der Waals surface area (Å²) in [6, 6.07) is 57.3. The van der Waals surface area contributed by atoms with Gasteiger partial charge in [0.2, 0.25) is 0 Å². The molecule has 0 radical (unpaired) electrons. The van der Waals surface area contributed by atoms with Gasteiger partial charge in [-0.25, -0.2) is 0 Å². The Hall–Kier alpha value is -5.21. The van der Waals surface area contributed by atoms with E-state index in [0.29, 0.717) is 11.1 Å². The van der Waals surface area contributed by atoms with E-state index >= 15 is 5.72 Å². The van der Waals surface area contributed by atoms with Gasteiger partial charge in [0.25, 0.3) is 0 Å². The summed E-state index contributed by atoms with van der Waals surface area (Å²) < 4.78 is 39.5. The molecule has 0 saturated heterocycles. The van der Waals surface area contributed by atoms with Crippen LogP contribution in [-0.4, -0.2) is 11.3 Å². The summed E-state index contributed by atoms with van der Waals surface area (Å²) in [5, 5.41) is 1.47. The molecule has 49 heavy (non-hydrogen) atoms. The van der Waals surface area contributed by atoms with Gasteiger partial charge in [-0.3, -0.25) is 0 Å². The summed E-state index contributed by atoms with van der Waals surface area (Å²) in [5.74, 6) is 0. The Kier molecular flexibility index (Phi) is 6.25. The van der Waals surface area contributed by atoms with Crippen LogP contribution < -0.4 is 16.4 Å². The van der Waals surface area contributed by atoms with Crippen LogP contribution in [0.15, 0.2) is 173 Å². The first kappa shape index (κ1) is 28.8. The van der Waals surface area contributed by atoms with Gasteiger partial charge in [-0.2, -0.15) is 0 Å². The molecule has 6 heteroatoms. The molecule has 0 saturated carbocycles. The first-order chi connectivity index (χ1) is 24.1. The van der Waals surface area contributed by atoms with E-state index < -0.39 is 24.8 Å². The van der Waals surface area contributed by atoms with Crippen LogP contribution in [0.5, 0.6) is 0 Å². The van der Waals surface area contributed by atoms with Gasteiger partial charge in [0, 0.05) is 0 Å². The van der Waals surface area contributed by atoms with Gasteiger partial charge in [0.1, 0.15) is 0 Å². The van der Waals surface area contributed by atoms with E-state index in [1.165, 1.54) is 33.2 Å². The number of benzene rings is 7. The summed E-state index contributed by atoms with van der Waals surface area (Å²) >= 11 is -5.81. The Bertz CT molecular complexity index is 2610. The van der Waals surface area contributed by atoms with Crippen LogP contribution in [0.2, 0.25) is 0 Å². The molecule has 8 aromatic rings. The summed E-state index contributed by atoms with van der Waals surface area (Å²) in [4.78, 5) is 0. The van der Waals surface area contributed by atoms with Gasteiger partial charge < -0.3 is 0 Å². The second kappa shape index (κ2) is 10.6. The summed E-state index contributed by atoms with van der Waals surface area (Å²) in [6.45, 7) is -0.0673. The molecule has 3 heterocycles. The molecular weight excluding hydrogens is 720 g/mol. The Morgan fingerprint density at radius 1 is 0.551 bits per heavy atom. The third kappa shape index (κ3) is 3.92. The minimum atomic E-state index is -5.81. The van der Waals surface area contributed by atoms with Crippen molar-refractivity contribution in [1.82, 2.24) is 4.57 Å². The molecule has 0 unspecified atom stereocenters.